The van der Waals surface area contributed by atoms with Gasteiger partial charge in [-0.25, -0.2) is 4.79 Å². The molecule has 1 aromatic rings. The number of rotatable bonds is 7. The van der Waals surface area contributed by atoms with Crippen LogP contribution in [-0.4, -0.2) is 30.1 Å². The summed E-state index contributed by atoms with van der Waals surface area (Å²) < 4.78 is 10.4. The molecule has 19 heavy (non-hydrogen) atoms. The van der Waals surface area contributed by atoms with Crippen molar-refractivity contribution >= 4 is 11.8 Å². The summed E-state index contributed by atoms with van der Waals surface area (Å²) in [5.74, 6) is -0.788. The van der Waals surface area contributed by atoms with E-state index in [-0.39, 0.29) is 12.4 Å². The van der Waals surface area contributed by atoms with Crippen molar-refractivity contribution in [2.75, 3.05) is 7.11 Å². The fourth-order valence-electron chi connectivity index (χ4n) is 1.31. The van der Waals surface area contributed by atoms with Gasteiger partial charge >= 0.3 is 5.97 Å². The Labute approximate surface area is 111 Å². The van der Waals surface area contributed by atoms with E-state index in [1.165, 1.54) is 0 Å². The molecule has 0 amide bonds. The lowest BCUT2D eigenvalue weighted by atomic mass is 10.2. The molecule has 0 fully saturated rings. The second-order valence-corrected chi connectivity index (χ2v) is 3.88. The lowest BCUT2D eigenvalue weighted by molar-refractivity contribution is -0.132. The Morgan fingerprint density at radius 3 is 2.42 bits per heavy atom. The molecule has 1 unspecified atom stereocenters. The van der Waals surface area contributed by atoms with E-state index in [4.69, 9.17) is 14.6 Å². The van der Waals surface area contributed by atoms with Gasteiger partial charge in [0.1, 0.15) is 11.9 Å². The molecule has 0 bridgehead atoms. The van der Waals surface area contributed by atoms with Crippen molar-refractivity contribution in [3.63, 3.8) is 0 Å². The highest BCUT2D eigenvalue weighted by molar-refractivity contribution is 5.97. The summed E-state index contributed by atoms with van der Waals surface area (Å²) in [4.78, 5) is 21.7. The van der Waals surface area contributed by atoms with Crippen LogP contribution < -0.4 is 4.74 Å². The van der Waals surface area contributed by atoms with Crippen LogP contribution in [0.4, 0.5) is 0 Å². The van der Waals surface area contributed by atoms with E-state index in [9.17, 15) is 9.59 Å². The first-order valence-electron chi connectivity index (χ1n) is 5.72. The monoisotopic (exact) mass is 264 g/mol. The van der Waals surface area contributed by atoms with Gasteiger partial charge in [-0.3, -0.25) is 4.79 Å². The molecule has 0 radical (unpaired) electrons. The Hall–Kier alpha value is -2.14. The maximum absolute atomic E-state index is 11.5. The van der Waals surface area contributed by atoms with Crippen LogP contribution in [0.3, 0.4) is 0 Å². The summed E-state index contributed by atoms with van der Waals surface area (Å²) in [5, 5.41) is 8.41. The number of ether oxygens (including phenoxy) is 2. The smallest absolute Gasteiger partial charge is 0.328 e. The third-order valence-corrected chi connectivity index (χ3v) is 2.45. The normalized spacial score (nSPS) is 12.3. The molecule has 1 rings (SSSR count). The van der Waals surface area contributed by atoms with Gasteiger partial charge in [-0.1, -0.05) is 12.1 Å². The van der Waals surface area contributed by atoms with E-state index in [0.717, 1.165) is 23.5 Å². The molecular formula is C14H16O5. The fourth-order valence-corrected chi connectivity index (χ4v) is 1.31. The maximum atomic E-state index is 11.5. The number of ketones is 1. The zero-order chi connectivity index (χ0) is 14.3. The number of hydrogen-bond acceptors (Lipinski definition) is 4. The number of carboxylic acid groups (broad SMARTS) is 1. The van der Waals surface area contributed by atoms with Crippen molar-refractivity contribution in [1.29, 1.82) is 0 Å². The minimum atomic E-state index is -1.16. The molecule has 1 aromatic carbocycles. The standard InChI is InChI=1S/C14H16O5/c1-10(13(15)7-8-14(16)17)19-9-11-3-5-12(18-2)6-4-11/h3-8,10H,9H2,1-2H3,(H,16,17)/b8-7+. The highest BCUT2D eigenvalue weighted by atomic mass is 16.5. The number of carbonyl (C=O) groups excluding carboxylic acids is 1. The Morgan fingerprint density at radius 2 is 1.89 bits per heavy atom. The number of carbonyl (C=O) groups is 2. The molecule has 0 aliphatic heterocycles. The van der Waals surface area contributed by atoms with Crippen LogP contribution in [-0.2, 0) is 20.9 Å². The van der Waals surface area contributed by atoms with Crippen molar-refractivity contribution < 1.29 is 24.2 Å². The van der Waals surface area contributed by atoms with Gasteiger partial charge in [0.25, 0.3) is 0 Å². The van der Waals surface area contributed by atoms with Gasteiger partial charge in [0.05, 0.1) is 13.7 Å². The topological polar surface area (TPSA) is 72.8 Å². The van der Waals surface area contributed by atoms with E-state index >= 15 is 0 Å². The average molecular weight is 264 g/mol. The van der Waals surface area contributed by atoms with E-state index in [1.54, 1.807) is 26.2 Å². The predicted octanol–water partition coefficient (Wildman–Crippen LogP) is 1.81. The largest absolute Gasteiger partial charge is 0.497 e. The molecule has 0 heterocycles. The summed E-state index contributed by atoms with van der Waals surface area (Å²) in [7, 11) is 1.58. The summed E-state index contributed by atoms with van der Waals surface area (Å²) >= 11 is 0. The minimum absolute atomic E-state index is 0.276. The molecule has 0 saturated carbocycles. The molecule has 5 nitrogen and oxygen atoms in total. The number of hydrogen-bond donors (Lipinski definition) is 1. The van der Waals surface area contributed by atoms with Crippen LogP contribution in [0.25, 0.3) is 0 Å². The van der Waals surface area contributed by atoms with Gasteiger partial charge < -0.3 is 14.6 Å². The lowest BCUT2D eigenvalue weighted by Gasteiger charge is -2.10. The zero-order valence-electron chi connectivity index (χ0n) is 10.8. The van der Waals surface area contributed by atoms with Gasteiger partial charge in [-0.05, 0) is 30.7 Å². The van der Waals surface area contributed by atoms with E-state index in [2.05, 4.69) is 0 Å². The van der Waals surface area contributed by atoms with E-state index in [0.29, 0.717) is 0 Å². The zero-order valence-corrected chi connectivity index (χ0v) is 10.8. The fraction of sp³-hybridized carbons (Fsp3) is 0.286. The van der Waals surface area contributed by atoms with Crippen molar-refractivity contribution in [2.24, 2.45) is 0 Å². The average Bonchev–Trinajstić information content (AvgIpc) is 2.42. The number of aliphatic carboxylic acids is 1. The SMILES string of the molecule is COc1ccc(COC(C)C(=O)/C=C/C(=O)O)cc1. The second-order valence-electron chi connectivity index (χ2n) is 3.88. The molecule has 0 spiro atoms. The molecule has 5 heteroatoms. The van der Waals surface area contributed by atoms with Crippen molar-refractivity contribution in [3.05, 3.63) is 42.0 Å². The number of benzene rings is 1. The van der Waals surface area contributed by atoms with Crippen LogP contribution in [0.2, 0.25) is 0 Å². The molecule has 1 N–H and O–H groups in total. The van der Waals surface area contributed by atoms with E-state index < -0.39 is 12.1 Å². The molecule has 0 aromatic heterocycles. The Morgan fingerprint density at radius 1 is 1.26 bits per heavy atom. The van der Waals surface area contributed by atoms with Gasteiger partial charge in [0.15, 0.2) is 5.78 Å². The van der Waals surface area contributed by atoms with Gasteiger partial charge in [-0.15, -0.1) is 0 Å². The first-order valence-corrected chi connectivity index (χ1v) is 5.72. The van der Waals surface area contributed by atoms with Gasteiger partial charge in [0, 0.05) is 6.08 Å². The van der Waals surface area contributed by atoms with Crippen LogP contribution in [0, 0.1) is 0 Å². The quantitative estimate of drug-likeness (QED) is 0.760. The van der Waals surface area contributed by atoms with Crippen LogP contribution >= 0.6 is 0 Å². The summed E-state index contributed by atoms with van der Waals surface area (Å²) in [6.07, 6.45) is 1.12. The van der Waals surface area contributed by atoms with Gasteiger partial charge in [-0.2, -0.15) is 0 Å². The predicted molar refractivity (Wildman–Crippen MR) is 69.0 cm³/mol. The Balaban J connectivity index is 2.46. The highest BCUT2D eigenvalue weighted by Gasteiger charge is 2.10. The Kier molecular flexibility index (Phi) is 5.75. The minimum Gasteiger partial charge on any atom is -0.497 e. The third kappa shape index (κ3) is 5.35. The van der Waals surface area contributed by atoms with Gasteiger partial charge in [0.2, 0.25) is 0 Å². The molecule has 0 aliphatic carbocycles. The van der Waals surface area contributed by atoms with E-state index in [1.807, 2.05) is 12.1 Å². The maximum Gasteiger partial charge on any atom is 0.328 e. The van der Waals surface area contributed by atoms with Crippen LogP contribution in [0.1, 0.15) is 12.5 Å². The number of carboxylic acids is 1. The first kappa shape index (κ1) is 14.9. The highest BCUT2D eigenvalue weighted by Crippen LogP contribution is 2.12. The van der Waals surface area contributed by atoms with Crippen LogP contribution in [0.5, 0.6) is 5.75 Å². The van der Waals surface area contributed by atoms with Crippen molar-refractivity contribution in [2.45, 2.75) is 19.6 Å². The molecule has 102 valence electrons. The number of methoxy groups -OCH3 is 1. The summed E-state index contributed by atoms with van der Waals surface area (Å²) in [5.41, 5.74) is 0.905. The summed E-state index contributed by atoms with van der Waals surface area (Å²) in [6.45, 7) is 1.86. The molecule has 0 aliphatic rings. The Bertz CT molecular complexity index is 461. The third-order valence-electron chi connectivity index (χ3n) is 2.45. The first-order chi connectivity index (χ1) is 9.02. The summed E-state index contributed by atoms with van der Waals surface area (Å²) in [6, 6.07) is 7.28. The molecular weight excluding hydrogens is 248 g/mol. The molecule has 0 saturated heterocycles. The van der Waals surface area contributed by atoms with Crippen molar-refractivity contribution in [3.8, 4) is 5.75 Å². The molecule has 1 atom stereocenters. The lowest BCUT2D eigenvalue weighted by Crippen LogP contribution is -2.18. The van der Waals surface area contributed by atoms with Crippen LogP contribution in [0.15, 0.2) is 36.4 Å². The second kappa shape index (κ2) is 7.33. The van der Waals surface area contributed by atoms with Crippen molar-refractivity contribution in [1.82, 2.24) is 0 Å².